The van der Waals surface area contributed by atoms with E-state index >= 15 is 0 Å². The maximum atomic E-state index is 5.82. The van der Waals surface area contributed by atoms with Crippen LogP contribution in [0.15, 0.2) is 30.6 Å². The van der Waals surface area contributed by atoms with E-state index in [4.69, 9.17) is 11.6 Å². The van der Waals surface area contributed by atoms with Gasteiger partial charge in [0, 0.05) is 12.4 Å². The van der Waals surface area contributed by atoms with Crippen molar-refractivity contribution in [2.75, 3.05) is 0 Å². The highest BCUT2D eigenvalue weighted by molar-refractivity contribution is 6.29. The van der Waals surface area contributed by atoms with Crippen molar-refractivity contribution in [1.82, 2.24) is 29.6 Å². The van der Waals surface area contributed by atoms with E-state index in [-0.39, 0.29) is 0 Å². The maximum absolute atomic E-state index is 5.82. The van der Waals surface area contributed by atoms with Crippen LogP contribution >= 0.6 is 11.6 Å². The van der Waals surface area contributed by atoms with Gasteiger partial charge in [0.2, 0.25) is 0 Å². The number of halogens is 1. The Kier molecular flexibility index (Phi) is 2.07. The Morgan fingerprint density at radius 2 is 2.19 bits per heavy atom. The summed E-state index contributed by atoms with van der Waals surface area (Å²) in [6, 6.07) is 5.31. The molecule has 0 spiro atoms. The summed E-state index contributed by atoms with van der Waals surface area (Å²) < 4.78 is 3.36. The third kappa shape index (κ3) is 1.53. The van der Waals surface area contributed by atoms with Crippen molar-refractivity contribution in [1.29, 1.82) is 0 Å². The second-order valence-electron chi connectivity index (χ2n) is 3.25. The molecular formula is C9H7ClN6. The van der Waals surface area contributed by atoms with Crippen LogP contribution in [0.4, 0.5) is 0 Å². The molecule has 0 atom stereocenters. The monoisotopic (exact) mass is 234 g/mol. The van der Waals surface area contributed by atoms with Gasteiger partial charge in [-0.1, -0.05) is 11.6 Å². The van der Waals surface area contributed by atoms with Gasteiger partial charge in [-0.05, 0) is 18.2 Å². The predicted molar refractivity (Wildman–Crippen MR) is 57.1 cm³/mol. The molecule has 16 heavy (non-hydrogen) atoms. The Balaban J connectivity index is 2.07. The molecule has 0 bridgehead atoms. The first kappa shape index (κ1) is 9.29. The molecule has 7 heteroatoms. The first-order chi connectivity index (χ1) is 7.83. The molecule has 0 radical (unpaired) electrons. The van der Waals surface area contributed by atoms with Crippen molar-refractivity contribution < 1.29 is 0 Å². The van der Waals surface area contributed by atoms with Crippen molar-refractivity contribution in [3.8, 4) is 0 Å². The Bertz CT molecular complexity index is 614. The highest BCUT2D eigenvalue weighted by Crippen LogP contribution is 2.07. The van der Waals surface area contributed by atoms with Gasteiger partial charge in [0.15, 0.2) is 11.5 Å². The first-order valence-electron chi connectivity index (χ1n) is 4.67. The Morgan fingerprint density at radius 3 is 3.00 bits per heavy atom. The number of rotatable bonds is 2. The highest BCUT2D eigenvalue weighted by atomic mass is 35.5. The van der Waals surface area contributed by atoms with E-state index in [9.17, 15) is 0 Å². The van der Waals surface area contributed by atoms with E-state index in [1.54, 1.807) is 27.5 Å². The van der Waals surface area contributed by atoms with E-state index < -0.39 is 0 Å². The summed E-state index contributed by atoms with van der Waals surface area (Å²) in [5, 5.41) is 16.7. The lowest BCUT2D eigenvalue weighted by molar-refractivity contribution is 0.636. The summed E-state index contributed by atoms with van der Waals surface area (Å²) in [4.78, 5) is 0. The molecule has 0 aromatic carbocycles. The van der Waals surface area contributed by atoms with Crippen molar-refractivity contribution >= 4 is 17.2 Å². The fraction of sp³-hybridized carbons (Fsp3) is 0.111. The van der Waals surface area contributed by atoms with Gasteiger partial charge in [0.05, 0.1) is 0 Å². The zero-order chi connectivity index (χ0) is 11.0. The average Bonchev–Trinajstić information content (AvgIpc) is 2.90. The largest absolute Gasteiger partial charge is 0.265 e. The van der Waals surface area contributed by atoms with Gasteiger partial charge in [-0.25, -0.2) is 0 Å². The number of fused-ring (bicyclic) bond motifs is 1. The Morgan fingerprint density at radius 1 is 1.25 bits per heavy atom. The molecule has 3 heterocycles. The fourth-order valence-electron chi connectivity index (χ4n) is 1.45. The second kappa shape index (κ2) is 3.57. The molecule has 0 amide bonds. The molecule has 0 saturated heterocycles. The van der Waals surface area contributed by atoms with Crippen molar-refractivity contribution in [2.45, 2.75) is 6.54 Å². The van der Waals surface area contributed by atoms with E-state index in [1.807, 2.05) is 12.3 Å². The second-order valence-corrected chi connectivity index (χ2v) is 3.63. The molecule has 6 nitrogen and oxygen atoms in total. The molecule has 0 aliphatic heterocycles. The molecular weight excluding hydrogens is 228 g/mol. The molecule has 80 valence electrons. The standard InChI is InChI=1S/C9H7ClN6/c10-7-2-3-8-12-13-9(16(8)14-7)6-15-5-1-4-11-15/h1-5H,6H2. The summed E-state index contributed by atoms with van der Waals surface area (Å²) in [5.74, 6) is 0.696. The van der Waals surface area contributed by atoms with Crippen LogP contribution in [0.2, 0.25) is 5.15 Å². The van der Waals surface area contributed by atoms with Crippen LogP contribution in [-0.2, 0) is 6.54 Å². The van der Waals surface area contributed by atoms with Crippen molar-refractivity contribution in [2.24, 2.45) is 0 Å². The van der Waals surface area contributed by atoms with Gasteiger partial charge in [-0.15, -0.1) is 10.2 Å². The van der Waals surface area contributed by atoms with Crippen LogP contribution in [0.3, 0.4) is 0 Å². The van der Waals surface area contributed by atoms with Gasteiger partial charge in [-0.3, -0.25) is 4.68 Å². The van der Waals surface area contributed by atoms with Gasteiger partial charge in [-0.2, -0.15) is 14.7 Å². The quantitative estimate of drug-likeness (QED) is 0.664. The summed E-state index contributed by atoms with van der Waals surface area (Å²) >= 11 is 5.82. The normalized spacial score (nSPS) is 11.1. The Labute approximate surface area is 95.5 Å². The molecule has 0 N–H and O–H groups in total. The van der Waals surface area contributed by atoms with Crippen molar-refractivity contribution in [3.63, 3.8) is 0 Å². The molecule has 3 aromatic rings. The maximum Gasteiger partial charge on any atom is 0.178 e. The summed E-state index contributed by atoms with van der Waals surface area (Å²) in [7, 11) is 0. The molecule has 0 aliphatic carbocycles. The third-order valence-electron chi connectivity index (χ3n) is 2.16. The van der Waals surface area contributed by atoms with Gasteiger partial charge in [0.1, 0.15) is 11.7 Å². The molecule has 0 saturated carbocycles. The van der Waals surface area contributed by atoms with Crippen LogP contribution in [0.25, 0.3) is 5.65 Å². The van der Waals surface area contributed by atoms with E-state index in [2.05, 4.69) is 20.4 Å². The van der Waals surface area contributed by atoms with Crippen LogP contribution in [-0.4, -0.2) is 29.6 Å². The number of nitrogens with zero attached hydrogens (tertiary/aromatic N) is 6. The van der Waals surface area contributed by atoms with Gasteiger partial charge >= 0.3 is 0 Å². The number of hydrogen-bond acceptors (Lipinski definition) is 4. The lowest BCUT2D eigenvalue weighted by Gasteiger charge is -1.99. The molecule has 3 rings (SSSR count). The summed E-state index contributed by atoms with van der Waals surface area (Å²) in [6.07, 6.45) is 3.56. The minimum Gasteiger partial charge on any atom is -0.265 e. The summed E-state index contributed by atoms with van der Waals surface area (Å²) in [5.41, 5.74) is 0.673. The Hall–Kier alpha value is -1.95. The molecule has 0 aliphatic rings. The van der Waals surface area contributed by atoms with Gasteiger partial charge in [0.25, 0.3) is 0 Å². The predicted octanol–water partition coefficient (Wildman–Crippen LogP) is 1.02. The molecule has 0 unspecified atom stereocenters. The minimum absolute atomic E-state index is 0.411. The topological polar surface area (TPSA) is 60.9 Å². The van der Waals surface area contributed by atoms with Crippen LogP contribution < -0.4 is 0 Å². The van der Waals surface area contributed by atoms with Gasteiger partial charge < -0.3 is 0 Å². The summed E-state index contributed by atoms with van der Waals surface area (Å²) in [6.45, 7) is 0.515. The lowest BCUT2D eigenvalue weighted by atomic mass is 10.5. The molecule has 0 fully saturated rings. The number of hydrogen-bond donors (Lipinski definition) is 0. The zero-order valence-electron chi connectivity index (χ0n) is 8.16. The van der Waals surface area contributed by atoms with Crippen molar-refractivity contribution in [3.05, 3.63) is 41.6 Å². The molecule has 3 aromatic heterocycles. The lowest BCUT2D eigenvalue weighted by Crippen LogP contribution is -2.06. The average molecular weight is 235 g/mol. The zero-order valence-corrected chi connectivity index (χ0v) is 8.91. The number of aromatic nitrogens is 6. The third-order valence-corrected chi connectivity index (χ3v) is 2.36. The van der Waals surface area contributed by atoms with E-state index in [1.165, 1.54) is 0 Å². The fourth-order valence-corrected chi connectivity index (χ4v) is 1.59. The first-order valence-corrected chi connectivity index (χ1v) is 5.05. The van der Waals surface area contributed by atoms with Crippen LogP contribution in [0, 0.1) is 0 Å². The minimum atomic E-state index is 0.411. The van der Waals surface area contributed by atoms with E-state index in [0.29, 0.717) is 23.2 Å². The highest BCUT2D eigenvalue weighted by Gasteiger charge is 2.07. The van der Waals surface area contributed by atoms with E-state index in [0.717, 1.165) is 0 Å². The smallest absolute Gasteiger partial charge is 0.178 e. The SMILES string of the molecule is Clc1ccc2nnc(Cn3cccn3)n2n1. The van der Waals surface area contributed by atoms with Crippen LogP contribution in [0.5, 0.6) is 0 Å². The van der Waals surface area contributed by atoms with Crippen LogP contribution in [0.1, 0.15) is 5.82 Å².